The van der Waals surface area contributed by atoms with E-state index in [0.29, 0.717) is 18.3 Å². The minimum Gasteiger partial charge on any atom is -0.361 e. The Hall–Kier alpha value is -2.20. The molecule has 1 aliphatic carbocycles. The third-order valence-corrected chi connectivity index (χ3v) is 4.93. The molecule has 1 fully saturated rings. The molecule has 0 spiro atoms. The first-order valence-electron chi connectivity index (χ1n) is 8.43. The van der Waals surface area contributed by atoms with E-state index in [1.807, 2.05) is 18.3 Å². The van der Waals surface area contributed by atoms with Crippen LogP contribution in [0.3, 0.4) is 0 Å². The standard InChI is InChI=1S/C20H20F2N2/c21-15-5-6-20-17(10-15)18(12-24-20)16-9-14(16)11-23-8-7-13-3-1-2-4-19(13)22/h1-6,10,12,14,16,23-24H,7-9,11H2/t14-,16+/m0/s1. The van der Waals surface area contributed by atoms with Crippen molar-refractivity contribution >= 4 is 10.9 Å². The van der Waals surface area contributed by atoms with Gasteiger partial charge in [0.1, 0.15) is 11.6 Å². The fourth-order valence-electron chi connectivity index (χ4n) is 3.49. The average Bonchev–Trinajstić information content (AvgIpc) is 3.23. The van der Waals surface area contributed by atoms with Crippen LogP contribution in [-0.2, 0) is 6.42 Å². The number of halogens is 2. The fourth-order valence-corrected chi connectivity index (χ4v) is 3.49. The van der Waals surface area contributed by atoms with Crippen LogP contribution in [0.25, 0.3) is 10.9 Å². The molecule has 124 valence electrons. The van der Waals surface area contributed by atoms with E-state index in [1.165, 1.54) is 17.7 Å². The topological polar surface area (TPSA) is 27.8 Å². The Morgan fingerprint density at radius 3 is 2.88 bits per heavy atom. The molecule has 24 heavy (non-hydrogen) atoms. The molecule has 0 unspecified atom stereocenters. The first kappa shape index (κ1) is 15.3. The van der Waals surface area contributed by atoms with Crippen LogP contribution in [0.4, 0.5) is 8.78 Å². The summed E-state index contributed by atoms with van der Waals surface area (Å²) in [6.07, 6.45) is 3.83. The third kappa shape index (κ3) is 3.06. The van der Waals surface area contributed by atoms with Crippen LogP contribution in [0.5, 0.6) is 0 Å². The van der Waals surface area contributed by atoms with Crippen LogP contribution in [0.2, 0.25) is 0 Å². The molecular formula is C20H20F2N2. The summed E-state index contributed by atoms with van der Waals surface area (Å²) < 4.78 is 27.0. The first-order chi connectivity index (χ1) is 11.7. The lowest BCUT2D eigenvalue weighted by Crippen LogP contribution is -2.20. The molecule has 0 amide bonds. The van der Waals surface area contributed by atoms with Gasteiger partial charge in [-0.15, -0.1) is 0 Å². The molecule has 1 heterocycles. The predicted octanol–water partition coefficient (Wildman–Crippen LogP) is 4.38. The zero-order chi connectivity index (χ0) is 16.5. The number of rotatable bonds is 6. The van der Waals surface area contributed by atoms with E-state index < -0.39 is 0 Å². The van der Waals surface area contributed by atoms with Gasteiger partial charge < -0.3 is 10.3 Å². The van der Waals surface area contributed by atoms with Gasteiger partial charge in [-0.1, -0.05) is 18.2 Å². The number of hydrogen-bond acceptors (Lipinski definition) is 1. The van der Waals surface area contributed by atoms with Crippen molar-refractivity contribution in [3.8, 4) is 0 Å². The highest BCUT2D eigenvalue weighted by Crippen LogP contribution is 2.49. The van der Waals surface area contributed by atoms with E-state index >= 15 is 0 Å². The highest BCUT2D eigenvalue weighted by molar-refractivity contribution is 5.84. The van der Waals surface area contributed by atoms with Crippen molar-refractivity contribution in [1.29, 1.82) is 0 Å². The largest absolute Gasteiger partial charge is 0.361 e. The minimum atomic E-state index is -0.191. The summed E-state index contributed by atoms with van der Waals surface area (Å²) in [4.78, 5) is 3.22. The van der Waals surface area contributed by atoms with Gasteiger partial charge in [0.15, 0.2) is 0 Å². The Kier molecular flexibility index (Phi) is 4.07. The number of aromatic nitrogens is 1. The molecule has 1 aromatic heterocycles. The van der Waals surface area contributed by atoms with E-state index in [9.17, 15) is 8.78 Å². The Morgan fingerprint density at radius 1 is 1.12 bits per heavy atom. The van der Waals surface area contributed by atoms with Crippen molar-refractivity contribution in [2.45, 2.75) is 18.8 Å². The Bertz CT molecular complexity index is 856. The summed E-state index contributed by atoms with van der Waals surface area (Å²) in [6, 6.07) is 11.8. The van der Waals surface area contributed by atoms with Crippen molar-refractivity contribution in [2.75, 3.05) is 13.1 Å². The molecule has 0 bridgehead atoms. The summed E-state index contributed by atoms with van der Waals surface area (Å²) in [5, 5.41) is 4.42. The monoisotopic (exact) mass is 326 g/mol. The predicted molar refractivity (Wildman–Crippen MR) is 92.1 cm³/mol. The molecule has 4 rings (SSSR count). The highest BCUT2D eigenvalue weighted by atomic mass is 19.1. The number of hydrogen-bond donors (Lipinski definition) is 2. The number of nitrogens with one attached hydrogen (secondary N) is 2. The second kappa shape index (κ2) is 6.36. The van der Waals surface area contributed by atoms with E-state index in [0.717, 1.165) is 36.0 Å². The van der Waals surface area contributed by atoms with Crippen LogP contribution in [-0.4, -0.2) is 18.1 Å². The van der Waals surface area contributed by atoms with E-state index in [2.05, 4.69) is 10.3 Å². The van der Waals surface area contributed by atoms with Gasteiger partial charge in [0.05, 0.1) is 0 Å². The van der Waals surface area contributed by atoms with Gasteiger partial charge in [-0.25, -0.2) is 8.78 Å². The maximum atomic E-state index is 13.6. The summed E-state index contributed by atoms with van der Waals surface area (Å²) in [6.45, 7) is 1.69. The van der Waals surface area contributed by atoms with Crippen LogP contribution in [0.1, 0.15) is 23.5 Å². The molecule has 1 aliphatic rings. The molecule has 0 saturated heterocycles. The Morgan fingerprint density at radius 2 is 2.00 bits per heavy atom. The van der Waals surface area contributed by atoms with Crippen LogP contribution in [0.15, 0.2) is 48.7 Å². The number of H-pyrrole nitrogens is 1. The van der Waals surface area contributed by atoms with Crippen LogP contribution < -0.4 is 5.32 Å². The van der Waals surface area contributed by atoms with Gasteiger partial charge >= 0.3 is 0 Å². The molecule has 2 atom stereocenters. The lowest BCUT2D eigenvalue weighted by Gasteiger charge is -2.05. The Balaban J connectivity index is 1.31. The smallest absolute Gasteiger partial charge is 0.126 e. The van der Waals surface area contributed by atoms with Gasteiger partial charge in [-0.3, -0.25) is 0 Å². The maximum absolute atomic E-state index is 13.6. The summed E-state index contributed by atoms with van der Waals surface area (Å²) in [5.41, 5.74) is 2.96. The molecule has 2 N–H and O–H groups in total. The first-order valence-corrected chi connectivity index (χ1v) is 8.43. The van der Waals surface area contributed by atoms with Crippen LogP contribution >= 0.6 is 0 Å². The second-order valence-corrected chi connectivity index (χ2v) is 6.58. The summed E-state index contributed by atoms with van der Waals surface area (Å²) in [5.74, 6) is 0.738. The second-order valence-electron chi connectivity index (χ2n) is 6.58. The van der Waals surface area contributed by atoms with Gasteiger partial charge in [-0.05, 0) is 73.2 Å². The number of aromatic amines is 1. The molecular weight excluding hydrogens is 306 g/mol. The van der Waals surface area contributed by atoms with Crippen molar-refractivity contribution in [3.05, 3.63) is 71.4 Å². The molecule has 4 heteroatoms. The van der Waals surface area contributed by atoms with Gasteiger partial charge in [0.25, 0.3) is 0 Å². The van der Waals surface area contributed by atoms with Crippen LogP contribution in [0, 0.1) is 17.6 Å². The molecule has 0 radical (unpaired) electrons. The molecule has 2 aromatic carbocycles. The molecule has 1 saturated carbocycles. The summed E-state index contributed by atoms with van der Waals surface area (Å²) in [7, 11) is 0. The minimum absolute atomic E-state index is 0.135. The molecule has 3 aromatic rings. The summed E-state index contributed by atoms with van der Waals surface area (Å²) >= 11 is 0. The lowest BCUT2D eigenvalue weighted by atomic mass is 10.1. The highest BCUT2D eigenvalue weighted by Gasteiger charge is 2.39. The van der Waals surface area contributed by atoms with Crippen molar-refractivity contribution in [3.63, 3.8) is 0 Å². The normalized spacial score (nSPS) is 19.8. The average molecular weight is 326 g/mol. The lowest BCUT2D eigenvalue weighted by molar-refractivity contribution is 0.588. The molecule has 0 aliphatic heterocycles. The van der Waals surface area contributed by atoms with Crippen molar-refractivity contribution in [1.82, 2.24) is 10.3 Å². The van der Waals surface area contributed by atoms with Gasteiger partial charge in [0.2, 0.25) is 0 Å². The van der Waals surface area contributed by atoms with Crippen molar-refractivity contribution in [2.24, 2.45) is 5.92 Å². The Labute approximate surface area is 139 Å². The van der Waals surface area contributed by atoms with E-state index in [4.69, 9.17) is 0 Å². The molecule has 2 nitrogen and oxygen atoms in total. The number of fused-ring (bicyclic) bond motifs is 1. The van der Waals surface area contributed by atoms with Crippen molar-refractivity contribution < 1.29 is 8.78 Å². The van der Waals surface area contributed by atoms with Gasteiger partial charge in [-0.2, -0.15) is 0 Å². The maximum Gasteiger partial charge on any atom is 0.126 e. The fraction of sp³-hybridized carbons (Fsp3) is 0.300. The number of benzene rings is 2. The van der Waals surface area contributed by atoms with E-state index in [1.54, 1.807) is 18.2 Å². The van der Waals surface area contributed by atoms with E-state index in [-0.39, 0.29) is 11.6 Å². The third-order valence-electron chi connectivity index (χ3n) is 4.93. The zero-order valence-electron chi connectivity index (χ0n) is 13.4. The van der Waals surface area contributed by atoms with Gasteiger partial charge in [0, 0.05) is 17.1 Å². The zero-order valence-corrected chi connectivity index (χ0v) is 13.4. The quantitative estimate of drug-likeness (QED) is 0.646. The SMILES string of the molecule is Fc1ccc2[nH]cc([C@@H]3C[C@H]3CNCCc3ccccc3F)c2c1.